The Kier molecular flexibility index (Phi) is 3.03. The van der Waals surface area contributed by atoms with E-state index in [9.17, 15) is 4.79 Å². The number of aliphatic carboxylic acids is 1. The molecule has 5 heteroatoms. The molecule has 5 nitrogen and oxygen atoms in total. The van der Waals surface area contributed by atoms with Crippen LogP contribution in [0.25, 0.3) is 0 Å². The van der Waals surface area contributed by atoms with Crippen molar-refractivity contribution in [3.05, 3.63) is 24.0 Å². The standard InChI is InChI=1S/C10H15N3O2/c14-10(15)4-9-8(6-12-13-9)3-7-1-2-11-5-7/h1-2,5,8-9,11-13H,3-4,6H2,(H,14,15). The van der Waals surface area contributed by atoms with Gasteiger partial charge in [-0.1, -0.05) is 0 Å². The molecule has 2 heterocycles. The second-order valence-electron chi connectivity index (χ2n) is 3.91. The van der Waals surface area contributed by atoms with Gasteiger partial charge in [0.2, 0.25) is 0 Å². The van der Waals surface area contributed by atoms with Crippen LogP contribution in [0.5, 0.6) is 0 Å². The smallest absolute Gasteiger partial charge is 0.304 e. The molecule has 82 valence electrons. The average molecular weight is 209 g/mol. The molecule has 2 rings (SSSR count). The minimum Gasteiger partial charge on any atom is -0.481 e. The SMILES string of the molecule is O=C(O)CC1NNCC1Cc1cc[nH]c1. The number of nitrogens with one attached hydrogen (secondary N) is 3. The van der Waals surface area contributed by atoms with Crippen LogP contribution in [0.3, 0.4) is 0 Å². The predicted octanol–water partition coefficient (Wildman–Crippen LogP) is 0.125. The summed E-state index contributed by atoms with van der Waals surface area (Å²) in [6, 6.07) is 2.05. The maximum atomic E-state index is 10.6. The summed E-state index contributed by atoms with van der Waals surface area (Å²) in [4.78, 5) is 13.6. The number of hydrazine groups is 1. The summed E-state index contributed by atoms with van der Waals surface area (Å²) in [6.07, 6.45) is 4.91. The van der Waals surface area contributed by atoms with Crippen LogP contribution < -0.4 is 10.9 Å². The number of hydrogen-bond acceptors (Lipinski definition) is 3. The molecule has 0 aromatic carbocycles. The Morgan fingerprint density at radius 3 is 3.13 bits per heavy atom. The van der Waals surface area contributed by atoms with Gasteiger partial charge in [0.1, 0.15) is 0 Å². The Morgan fingerprint density at radius 1 is 1.60 bits per heavy atom. The second kappa shape index (κ2) is 4.46. The van der Waals surface area contributed by atoms with E-state index in [1.54, 1.807) is 0 Å². The molecule has 0 radical (unpaired) electrons. The zero-order valence-electron chi connectivity index (χ0n) is 8.36. The van der Waals surface area contributed by atoms with Crippen LogP contribution in [-0.2, 0) is 11.2 Å². The van der Waals surface area contributed by atoms with Crippen LogP contribution in [-0.4, -0.2) is 28.6 Å². The quantitative estimate of drug-likeness (QED) is 0.568. The number of aromatic nitrogens is 1. The summed E-state index contributed by atoms with van der Waals surface area (Å²) >= 11 is 0. The highest BCUT2D eigenvalue weighted by atomic mass is 16.4. The minimum absolute atomic E-state index is 0.0254. The van der Waals surface area contributed by atoms with Crippen molar-refractivity contribution < 1.29 is 9.90 Å². The van der Waals surface area contributed by atoms with Crippen molar-refractivity contribution in [2.75, 3.05) is 6.54 Å². The van der Waals surface area contributed by atoms with Crippen molar-refractivity contribution in [1.82, 2.24) is 15.8 Å². The molecule has 1 aliphatic heterocycles. The molecule has 2 atom stereocenters. The zero-order chi connectivity index (χ0) is 10.7. The van der Waals surface area contributed by atoms with E-state index in [-0.39, 0.29) is 12.5 Å². The summed E-state index contributed by atoms with van der Waals surface area (Å²) in [5.74, 6) is -0.410. The van der Waals surface area contributed by atoms with Crippen molar-refractivity contribution in [1.29, 1.82) is 0 Å². The van der Waals surface area contributed by atoms with Crippen LogP contribution in [0.2, 0.25) is 0 Å². The number of carboxylic acid groups (broad SMARTS) is 1. The van der Waals surface area contributed by atoms with Gasteiger partial charge in [-0.25, -0.2) is 0 Å². The molecule has 1 aliphatic rings. The number of carbonyl (C=O) groups is 1. The molecule has 0 amide bonds. The number of H-pyrrole nitrogens is 1. The first-order chi connectivity index (χ1) is 7.25. The van der Waals surface area contributed by atoms with Crippen LogP contribution >= 0.6 is 0 Å². The Balaban J connectivity index is 1.93. The molecule has 1 aromatic heterocycles. The first kappa shape index (κ1) is 10.2. The maximum absolute atomic E-state index is 10.6. The first-order valence-corrected chi connectivity index (χ1v) is 5.07. The van der Waals surface area contributed by atoms with Crippen LogP contribution in [0, 0.1) is 5.92 Å². The van der Waals surface area contributed by atoms with Crippen molar-refractivity contribution in [3.63, 3.8) is 0 Å². The van der Waals surface area contributed by atoms with Gasteiger partial charge >= 0.3 is 5.97 Å². The molecule has 0 bridgehead atoms. The van der Waals surface area contributed by atoms with Gasteiger partial charge in [-0.2, -0.15) is 0 Å². The highest BCUT2D eigenvalue weighted by molar-refractivity contribution is 5.67. The largest absolute Gasteiger partial charge is 0.481 e. The van der Waals surface area contributed by atoms with E-state index in [2.05, 4.69) is 15.8 Å². The van der Waals surface area contributed by atoms with E-state index in [1.165, 1.54) is 5.56 Å². The lowest BCUT2D eigenvalue weighted by Gasteiger charge is -2.15. The third-order valence-electron chi connectivity index (χ3n) is 2.78. The van der Waals surface area contributed by atoms with Gasteiger partial charge in [0.15, 0.2) is 0 Å². The number of carboxylic acids is 1. The highest BCUT2D eigenvalue weighted by Crippen LogP contribution is 2.17. The van der Waals surface area contributed by atoms with Crippen molar-refractivity contribution in [2.24, 2.45) is 5.92 Å². The molecule has 4 N–H and O–H groups in total. The van der Waals surface area contributed by atoms with Crippen molar-refractivity contribution >= 4 is 5.97 Å². The van der Waals surface area contributed by atoms with Gasteiger partial charge in [-0.15, -0.1) is 0 Å². The molecule has 1 saturated heterocycles. The number of rotatable bonds is 4. The molecule has 15 heavy (non-hydrogen) atoms. The first-order valence-electron chi connectivity index (χ1n) is 5.07. The fourth-order valence-corrected chi connectivity index (χ4v) is 1.99. The fraction of sp³-hybridized carbons (Fsp3) is 0.500. The maximum Gasteiger partial charge on any atom is 0.304 e. The number of hydrogen-bond donors (Lipinski definition) is 4. The summed E-state index contributed by atoms with van der Waals surface area (Å²) in [7, 11) is 0. The van der Waals surface area contributed by atoms with E-state index < -0.39 is 5.97 Å². The molecular formula is C10H15N3O2. The third-order valence-corrected chi connectivity index (χ3v) is 2.78. The predicted molar refractivity (Wildman–Crippen MR) is 55.2 cm³/mol. The molecule has 1 fully saturated rings. The summed E-state index contributed by atoms with van der Waals surface area (Å²) in [5, 5.41) is 8.74. The van der Waals surface area contributed by atoms with Crippen molar-refractivity contribution in [2.45, 2.75) is 18.9 Å². The lowest BCUT2D eigenvalue weighted by molar-refractivity contribution is -0.137. The normalized spacial score (nSPS) is 25.6. The van der Waals surface area contributed by atoms with E-state index in [0.717, 1.165) is 13.0 Å². The summed E-state index contributed by atoms with van der Waals surface area (Å²) < 4.78 is 0. The molecule has 0 spiro atoms. The topological polar surface area (TPSA) is 77.2 Å². The lowest BCUT2D eigenvalue weighted by Crippen LogP contribution is -2.34. The lowest BCUT2D eigenvalue weighted by atomic mass is 9.93. The number of aromatic amines is 1. The molecule has 1 aromatic rings. The van der Waals surface area contributed by atoms with E-state index in [1.807, 2.05) is 18.5 Å². The third kappa shape index (κ3) is 2.57. The Bertz CT molecular complexity index is 323. The molecule has 0 aliphatic carbocycles. The van der Waals surface area contributed by atoms with Gasteiger partial charge < -0.3 is 10.1 Å². The molecule has 0 saturated carbocycles. The van der Waals surface area contributed by atoms with Gasteiger partial charge in [-0.05, 0) is 24.0 Å². The highest BCUT2D eigenvalue weighted by Gasteiger charge is 2.28. The van der Waals surface area contributed by atoms with E-state index >= 15 is 0 Å². The fourth-order valence-electron chi connectivity index (χ4n) is 1.99. The van der Waals surface area contributed by atoms with E-state index in [0.29, 0.717) is 5.92 Å². The summed E-state index contributed by atoms with van der Waals surface area (Å²) in [6.45, 7) is 0.823. The second-order valence-corrected chi connectivity index (χ2v) is 3.91. The van der Waals surface area contributed by atoms with Gasteiger partial charge in [0.25, 0.3) is 0 Å². The Labute approximate surface area is 87.9 Å². The Hall–Kier alpha value is -1.33. The van der Waals surface area contributed by atoms with Crippen LogP contribution in [0.1, 0.15) is 12.0 Å². The van der Waals surface area contributed by atoms with Crippen LogP contribution in [0.15, 0.2) is 18.5 Å². The van der Waals surface area contributed by atoms with Crippen LogP contribution in [0.4, 0.5) is 0 Å². The Morgan fingerprint density at radius 2 is 2.47 bits per heavy atom. The average Bonchev–Trinajstić information content (AvgIpc) is 2.78. The minimum atomic E-state index is -0.754. The van der Waals surface area contributed by atoms with Gasteiger partial charge in [-0.3, -0.25) is 15.6 Å². The van der Waals surface area contributed by atoms with E-state index in [4.69, 9.17) is 5.11 Å². The molecular weight excluding hydrogens is 194 g/mol. The molecule has 2 unspecified atom stereocenters. The monoisotopic (exact) mass is 209 g/mol. The zero-order valence-corrected chi connectivity index (χ0v) is 8.36. The van der Waals surface area contributed by atoms with Gasteiger partial charge in [0, 0.05) is 25.0 Å². The van der Waals surface area contributed by atoms with Crippen molar-refractivity contribution in [3.8, 4) is 0 Å². The summed E-state index contributed by atoms with van der Waals surface area (Å²) in [5.41, 5.74) is 7.25. The van der Waals surface area contributed by atoms with Gasteiger partial charge in [0.05, 0.1) is 6.42 Å².